The SMILES string of the molecule is CC[C@@H](OC1CCCCC1)C(=O)NC[C@@H]1CC(=O)Nc2ccccc21. The third kappa shape index (κ3) is 4.60. The van der Waals surface area contributed by atoms with E-state index in [1.807, 2.05) is 31.2 Å². The van der Waals surface area contributed by atoms with Gasteiger partial charge in [-0.2, -0.15) is 0 Å². The van der Waals surface area contributed by atoms with E-state index in [1.165, 1.54) is 19.3 Å². The van der Waals surface area contributed by atoms with Crippen LogP contribution in [-0.4, -0.2) is 30.6 Å². The molecule has 1 saturated carbocycles. The number of rotatable bonds is 6. The monoisotopic (exact) mass is 344 g/mol. The number of carbonyl (C=O) groups is 2. The molecule has 0 radical (unpaired) electrons. The standard InChI is InChI=1S/C20H28N2O3/c1-2-18(25-15-8-4-3-5-9-15)20(24)21-13-14-12-19(23)22-17-11-7-6-10-16(14)17/h6-7,10-11,14-15,18H,2-5,8-9,12-13H2,1H3,(H,21,24)(H,22,23)/t14-,18+/m0/s1. The summed E-state index contributed by atoms with van der Waals surface area (Å²) in [5.74, 6) is -0.0407. The van der Waals surface area contributed by atoms with Crippen LogP contribution >= 0.6 is 0 Å². The molecule has 1 aromatic rings. The third-order valence-corrected chi connectivity index (χ3v) is 5.20. The van der Waals surface area contributed by atoms with E-state index in [9.17, 15) is 9.59 Å². The number of hydrogen-bond donors (Lipinski definition) is 2. The van der Waals surface area contributed by atoms with E-state index < -0.39 is 6.10 Å². The fourth-order valence-corrected chi connectivity index (χ4v) is 3.80. The number of amides is 2. The van der Waals surface area contributed by atoms with Gasteiger partial charge in [0.25, 0.3) is 0 Å². The summed E-state index contributed by atoms with van der Waals surface area (Å²) in [6, 6.07) is 7.79. The number of anilines is 1. The Morgan fingerprint density at radius 1 is 1.28 bits per heavy atom. The number of nitrogens with one attached hydrogen (secondary N) is 2. The van der Waals surface area contributed by atoms with Crippen LogP contribution in [0.3, 0.4) is 0 Å². The van der Waals surface area contributed by atoms with Gasteiger partial charge in [-0.15, -0.1) is 0 Å². The molecule has 0 spiro atoms. The molecule has 2 atom stereocenters. The number of carbonyl (C=O) groups excluding carboxylic acids is 2. The van der Waals surface area contributed by atoms with Gasteiger partial charge in [0.05, 0.1) is 6.10 Å². The maximum atomic E-state index is 12.5. The van der Waals surface area contributed by atoms with E-state index in [0.29, 0.717) is 19.4 Å². The molecule has 3 rings (SSSR count). The zero-order valence-electron chi connectivity index (χ0n) is 14.9. The highest BCUT2D eigenvalue weighted by Gasteiger charge is 2.27. The molecule has 136 valence electrons. The number of para-hydroxylation sites is 1. The van der Waals surface area contributed by atoms with Gasteiger partial charge in [0.2, 0.25) is 11.8 Å². The molecule has 2 aliphatic rings. The molecule has 1 heterocycles. The number of fused-ring (bicyclic) bond motifs is 1. The highest BCUT2D eigenvalue weighted by Crippen LogP contribution is 2.31. The lowest BCUT2D eigenvalue weighted by Gasteiger charge is -2.28. The molecular weight excluding hydrogens is 316 g/mol. The van der Waals surface area contributed by atoms with Crippen molar-refractivity contribution < 1.29 is 14.3 Å². The van der Waals surface area contributed by atoms with Gasteiger partial charge in [-0.05, 0) is 30.9 Å². The third-order valence-electron chi connectivity index (χ3n) is 5.20. The summed E-state index contributed by atoms with van der Waals surface area (Å²) in [5.41, 5.74) is 1.94. The maximum absolute atomic E-state index is 12.5. The fourth-order valence-electron chi connectivity index (χ4n) is 3.80. The minimum Gasteiger partial charge on any atom is -0.365 e. The van der Waals surface area contributed by atoms with Gasteiger partial charge in [0.1, 0.15) is 6.10 Å². The van der Waals surface area contributed by atoms with Gasteiger partial charge in [0, 0.05) is 24.6 Å². The Morgan fingerprint density at radius 3 is 2.80 bits per heavy atom. The summed E-state index contributed by atoms with van der Waals surface area (Å²) < 4.78 is 6.04. The maximum Gasteiger partial charge on any atom is 0.249 e. The average Bonchev–Trinajstić information content (AvgIpc) is 2.64. The average molecular weight is 344 g/mol. The zero-order chi connectivity index (χ0) is 17.6. The topological polar surface area (TPSA) is 67.4 Å². The van der Waals surface area contributed by atoms with E-state index in [0.717, 1.165) is 24.1 Å². The molecule has 1 fully saturated rings. The number of hydrogen-bond acceptors (Lipinski definition) is 3. The Morgan fingerprint density at radius 2 is 2.04 bits per heavy atom. The molecule has 1 aliphatic heterocycles. The highest BCUT2D eigenvalue weighted by atomic mass is 16.5. The van der Waals surface area contributed by atoms with Crippen LogP contribution in [0.4, 0.5) is 5.69 Å². The summed E-state index contributed by atoms with van der Waals surface area (Å²) in [5, 5.41) is 5.90. The highest BCUT2D eigenvalue weighted by molar-refractivity contribution is 5.94. The van der Waals surface area contributed by atoms with Gasteiger partial charge >= 0.3 is 0 Å². The minimum atomic E-state index is -0.393. The summed E-state index contributed by atoms with van der Waals surface area (Å²) in [7, 11) is 0. The second-order valence-corrected chi connectivity index (χ2v) is 7.07. The molecule has 2 amide bonds. The molecule has 0 saturated heterocycles. The summed E-state index contributed by atoms with van der Waals surface area (Å²) in [6.45, 7) is 2.45. The molecule has 1 aliphatic carbocycles. The first-order chi connectivity index (χ1) is 12.2. The largest absolute Gasteiger partial charge is 0.365 e. The molecule has 0 unspecified atom stereocenters. The lowest BCUT2D eigenvalue weighted by atomic mass is 9.90. The van der Waals surface area contributed by atoms with Crippen molar-refractivity contribution in [3.63, 3.8) is 0 Å². The van der Waals surface area contributed by atoms with Crippen molar-refractivity contribution in [2.75, 3.05) is 11.9 Å². The second-order valence-electron chi connectivity index (χ2n) is 7.07. The first-order valence-electron chi connectivity index (χ1n) is 9.49. The van der Waals surface area contributed by atoms with Crippen molar-refractivity contribution in [3.8, 4) is 0 Å². The Labute approximate surface area is 149 Å². The van der Waals surface area contributed by atoms with Crippen LogP contribution in [0.2, 0.25) is 0 Å². The van der Waals surface area contributed by atoms with Gasteiger partial charge in [-0.25, -0.2) is 0 Å². The summed E-state index contributed by atoms with van der Waals surface area (Å²) in [6.07, 6.45) is 6.65. The predicted octanol–water partition coefficient (Wildman–Crippen LogP) is 3.36. The number of benzene rings is 1. The van der Waals surface area contributed by atoms with E-state index in [4.69, 9.17) is 4.74 Å². The minimum absolute atomic E-state index is 0.00319. The first kappa shape index (κ1) is 17.9. The van der Waals surface area contributed by atoms with Crippen LogP contribution in [0.15, 0.2) is 24.3 Å². The van der Waals surface area contributed by atoms with Crippen molar-refractivity contribution in [2.24, 2.45) is 0 Å². The normalized spacial score (nSPS) is 22.0. The van der Waals surface area contributed by atoms with Crippen molar-refractivity contribution in [2.45, 2.75) is 70.0 Å². The molecular formula is C20H28N2O3. The zero-order valence-corrected chi connectivity index (χ0v) is 14.9. The van der Waals surface area contributed by atoms with Crippen molar-refractivity contribution >= 4 is 17.5 Å². The van der Waals surface area contributed by atoms with Crippen molar-refractivity contribution in [1.82, 2.24) is 5.32 Å². The predicted molar refractivity (Wildman–Crippen MR) is 97.5 cm³/mol. The summed E-state index contributed by atoms with van der Waals surface area (Å²) in [4.78, 5) is 24.4. The quantitative estimate of drug-likeness (QED) is 0.831. The Kier molecular flexibility index (Phi) is 6.08. The van der Waals surface area contributed by atoms with Gasteiger partial charge in [-0.3, -0.25) is 9.59 Å². The van der Waals surface area contributed by atoms with E-state index in [1.54, 1.807) is 0 Å². The Bertz CT molecular complexity index is 611. The summed E-state index contributed by atoms with van der Waals surface area (Å²) >= 11 is 0. The van der Waals surface area contributed by atoms with Gasteiger partial charge in [0.15, 0.2) is 0 Å². The Balaban J connectivity index is 1.56. The molecule has 5 nitrogen and oxygen atoms in total. The van der Waals surface area contributed by atoms with Crippen LogP contribution in [0.1, 0.15) is 63.4 Å². The van der Waals surface area contributed by atoms with Gasteiger partial charge < -0.3 is 15.4 Å². The van der Waals surface area contributed by atoms with E-state index >= 15 is 0 Å². The fraction of sp³-hybridized carbons (Fsp3) is 0.600. The van der Waals surface area contributed by atoms with Crippen LogP contribution in [0, 0.1) is 0 Å². The molecule has 5 heteroatoms. The molecule has 0 bridgehead atoms. The van der Waals surface area contributed by atoms with Crippen LogP contribution < -0.4 is 10.6 Å². The molecule has 0 aromatic heterocycles. The van der Waals surface area contributed by atoms with E-state index in [-0.39, 0.29) is 23.8 Å². The van der Waals surface area contributed by atoms with Crippen LogP contribution in [-0.2, 0) is 14.3 Å². The number of ether oxygens (including phenoxy) is 1. The Hall–Kier alpha value is -1.88. The lowest BCUT2D eigenvalue weighted by molar-refractivity contribution is -0.138. The van der Waals surface area contributed by atoms with Crippen molar-refractivity contribution in [1.29, 1.82) is 0 Å². The van der Waals surface area contributed by atoms with Crippen LogP contribution in [0.25, 0.3) is 0 Å². The van der Waals surface area contributed by atoms with E-state index in [2.05, 4.69) is 10.6 Å². The first-order valence-corrected chi connectivity index (χ1v) is 9.49. The van der Waals surface area contributed by atoms with Crippen LogP contribution in [0.5, 0.6) is 0 Å². The molecule has 2 N–H and O–H groups in total. The molecule has 1 aromatic carbocycles. The van der Waals surface area contributed by atoms with Crippen molar-refractivity contribution in [3.05, 3.63) is 29.8 Å². The smallest absolute Gasteiger partial charge is 0.249 e. The lowest BCUT2D eigenvalue weighted by Crippen LogP contribution is -2.41. The molecule has 25 heavy (non-hydrogen) atoms. The second kappa shape index (κ2) is 8.48. The van der Waals surface area contributed by atoms with Gasteiger partial charge in [-0.1, -0.05) is 44.4 Å².